The minimum atomic E-state index is -0.260. The number of halogens is 1. The number of thioether (sulfide) groups is 1. The number of hydrogen-bond donors (Lipinski definition) is 1. The molecule has 0 spiro atoms. The Labute approximate surface area is 200 Å². The zero-order valence-electron chi connectivity index (χ0n) is 17.9. The molecule has 33 heavy (non-hydrogen) atoms. The van der Waals surface area contributed by atoms with Crippen molar-refractivity contribution in [2.75, 3.05) is 36.4 Å². The second kappa shape index (κ2) is 11.2. The fraction of sp³-hybridized carbons (Fsp3) is 0.304. The van der Waals surface area contributed by atoms with Crippen molar-refractivity contribution >= 4 is 45.7 Å². The minimum Gasteiger partial charge on any atom is -0.366 e. The van der Waals surface area contributed by atoms with Gasteiger partial charge in [0.05, 0.1) is 5.69 Å². The van der Waals surface area contributed by atoms with E-state index in [1.807, 2.05) is 35.2 Å². The summed E-state index contributed by atoms with van der Waals surface area (Å²) in [5.74, 6) is 0.188. The predicted molar refractivity (Wildman–Crippen MR) is 129 cm³/mol. The molecule has 1 fully saturated rings. The topological polar surface area (TPSA) is 78.4 Å². The van der Waals surface area contributed by atoms with E-state index in [4.69, 9.17) is 0 Å². The Morgan fingerprint density at radius 3 is 2.45 bits per heavy atom. The molecular formula is C23H24FN5O2S2. The van der Waals surface area contributed by atoms with E-state index in [-0.39, 0.29) is 30.5 Å². The second-order valence-electron chi connectivity index (χ2n) is 7.51. The molecule has 0 aliphatic carbocycles. The molecule has 2 amide bonds. The molecule has 0 radical (unpaired) electrons. The van der Waals surface area contributed by atoms with Gasteiger partial charge < -0.3 is 15.1 Å². The number of nitrogens with one attached hydrogen (secondary N) is 1. The maximum Gasteiger partial charge on any atom is 0.226 e. The Hall–Kier alpha value is -2.98. The van der Waals surface area contributed by atoms with Crippen molar-refractivity contribution in [1.82, 2.24) is 15.1 Å². The molecular weight excluding hydrogens is 461 g/mol. The van der Waals surface area contributed by atoms with Crippen LogP contribution in [0.4, 0.5) is 15.2 Å². The lowest BCUT2D eigenvalue weighted by Crippen LogP contribution is -2.49. The number of amides is 2. The van der Waals surface area contributed by atoms with Gasteiger partial charge in [0.15, 0.2) is 4.34 Å². The summed E-state index contributed by atoms with van der Waals surface area (Å²) in [5.41, 5.74) is 1.75. The number of piperazine rings is 1. The van der Waals surface area contributed by atoms with Crippen LogP contribution in [0, 0.1) is 5.82 Å². The summed E-state index contributed by atoms with van der Waals surface area (Å²) in [4.78, 5) is 28.4. The molecule has 10 heteroatoms. The van der Waals surface area contributed by atoms with E-state index in [2.05, 4.69) is 15.5 Å². The highest BCUT2D eigenvalue weighted by Gasteiger charge is 2.23. The van der Waals surface area contributed by atoms with Crippen LogP contribution < -0.4 is 10.2 Å². The second-order valence-corrected chi connectivity index (χ2v) is 9.71. The fourth-order valence-corrected chi connectivity index (χ4v) is 5.23. The normalized spacial score (nSPS) is 13.7. The summed E-state index contributed by atoms with van der Waals surface area (Å²) < 4.78 is 14.7. The molecule has 1 N–H and O–H groups in total. The Balaban J connectivity index is 1.18. The SMILES string of the molecule is O=C(CCC(=O)N1CCN(c2ccccc2F)CC1)Nc1nnc(SCc2ccccc2)s1. The third-order valence-corrected chi connectivity index (χ3v) is 7.29. The van der Waals surface area contributed by atoms with Crippen LogP contribution in [-0.4, -0.2) is 53.1 Å². The highest BCUT2D eigenvalue weighted by molar-refractivity contribution is 8.00. The summed E-state index contributed by atoms with van der Waals surface area (Å²) in [6, 6.07) is 16.7. The summed E-state index contributed by atoms with van der Waals surface area (Å²) in [6.07, 6.45) is 0.207. The van der Waals surface area contributed by atoms with Crippen LogP contribution in [-0.2, 0) is 15.3 Å². The Kier molecular flexibility index (Phi) is 7.90. The van der Waals surface area contributed by atoms with Gasteiger partial charge in [-0.2, -0.15) is 0 Å². The van der Waals surface area contributed by atoms with Crippen LogP contribution in [0.1, 0.15) is 18.4 Å². The lowest BCUT2D eigenvalue weighted by Gasteiger charge is -2.36. The summed E-state index contributed by atoms with van der Waals surface area (Å²) in [6.45, 7) is 2.14. The van der Waals surface area contributed by atoms with Gasteiger partial charge in [-0.15, -0.1) is 10.2 Å². The number of para-hydroxylation sites is 1. The van der Waals surface area contributed by atoms with Crippen molar-refractivity contribution in [3.05, 3.63) is 66.0 Å². The average Bonchev–Trinajstić information content (AvgIpc) is 3.29. The number of hydrogen-bond acceptors (Lipinski definition) is 7. The third-order valence-electron chi connectivity index (χ3n) is 5.25. The van der Waals surface area contributed by atoms with Crippen molar-refractivity contribution < 1.29 is 14.0 Å². The lowest BCUT2D eigenvalue weighted by molar-refractivity contribution is -0.133. The van der Waals surface area contributed by atoms with Crippen LogP contribution in [0.2, 0.25) is 0 Å². The average molecular weight is 486 g/mol. The number of carbonyl (C=O) groups excluding carboxylic acids is 2. The summed E-state index contributed by atoms with van der Waals surface area (Å²) in [5, 5.41) is 11.3. The zero-order chi connectivity index (χ0) is 23.0. The van der Waals surface area contributed by atoms with E-state index in [9.17, 15) is 14.0 Å². The molecule has 1 aliphatic rings. The number of anilines is 2. The minimum absolute atomic E-state index is 0.0743. The molecule has 2 heterocycles. The maximum absolute atomic E-state index is 14.0. The zero-order valence-corrected chi connectivity index (χ0v) is 19.6. The maximum atomic E-state index is 14.0. The lowest BCUT2D eigenvalue weighted by atomic mass is 10.2. The molecule has 1 aliphatic heterocycles. The van der Waals surface area contributed by atoms with Crippen LogP contribution >= 0.6 is 23.1 Å². The molecule has 1 aromatic heterocycles. The monoisotopic (exact) mass is 485 g/mol. The van der Waals surface area contributed by atoms with Crippen molar-refractivity contribution in [3.8, 4) is 0 Å². The van der Waals surface area contributed by atoms with Gasteiger partial charge in [0.1, 0.15) is 5.82 Å². The van der Waals surface area contributed by atoms with E-state index < -0.39 is 0 Å². The van der Waals surface area contributed by atoms with E-state index in [1.165, 1.54) is 23.0 Å². The van der Waals surface area contributed by atoms with Crippen LogP contribution in [0.3, 0.4) is 0 Å². The number of carbonyl (C=O) groups is 2. The van der Waals surface area contributed by atoms with Crippen molar-refractivity contribution in [3.63, 3.8) is 0 Å². The van der Waals surface area contributed by atoms with E-state index >= 15 is 0 Å². The Morgan fingerprint density at radius 2 is 1.70 bits per heavy atom. The van der Waals surface area contributed by atoms with Gasteiger partial charge in [-0.25, -0.2) is 4.39 Å². The largest absolute Gasteiger partial charge is 0.366 e. The standard InChI is InChI=1S/C23H24FN5O2S2/c24-18-8-4-5-9-19(18)28-12-14-29(15-13-28)21(31)11-10-20(30)25-22-26-27-23(33-22)32-16-17-6-2-1-3-7-17/h1-9H,10-16H2,(H,25,26,30). The smallest absolute Gasteiger partial charge is 0.226 e. The first kappa shape index (κ1) is 23.2. The van der Waals surface area contributed by atoms with Crippen LogP contribution in [0.15, 0.2) is 58.9 Å². The van der Waals surface area contributed by atoms with Crippen LogP contribution in [0.5, 0.6) is 0 Å². The number of nitrogens with zero attached hydrogens (tertiary/aromatic N) is 4. The van der Waals surface area contributed by atoms with E-state index in [0.29, 0.717) is 37.0 Å². The highest BCUT2D eigenvalue weighted by Crippen LogP contribution is 2.28. The Bertz CT molecular complexity index is 1090. The molecule has 2 aromatic carbocycles. The summed E-state index contributed by atoms with van der Waals surface area (Å²) >= 11 is 2.88. The number of rotatable bonds is 8. The molecule has 1 saturated heterocycles. The predicted octanol–water partition coefficient (Wildman–Crippen LogP) is 4.04. The van der Waals surface area contributed by atoms with Gasteiger partial charge in [0.25, 0.3) is 0 Å². The van der Waals surface area contributed by atoms with Crippen molar-refractivity contribution in [1.29, 1.82) is 0 Å². The van der Waals surface area contributed by atoms with Gasteiger partial charge in [0.2, 0.25) is 16.9 Å². The van der Waals surface area contributed by atoms with Gasteiger partial charge in [-0.05, 0) is 17.7 Å². The first-order valence-electron chi connectivity index (χ1n) is 10.7. The third kappa shape index (κ3) is 6.52. The quantitative estimate of drug-likeness (QED) is 0.383. The molecule has 172 valence electrons. The van der Waals surface area contributed by atoms with E-state index in [0.717, 1.165) is 10.1 Å². The first-order valence-corrected chi connectivity index (χ1v) is 12.5. The van der Waals surface area contributed by atoms with Crippen molar-refractivity contribution in [2.45, 2.75) is 22.9 Å². The van der Waals surface area contributed by atoms with Gasteiger partial charge in [0, 0.05) is 44.8 Å². The molecule has 0 saturated carbocycles. The Morgan fingerprint density at radius 1 is 0.970 bits per heavy atom. The summed E-state index contributed by atoms with van der Waals surface area (Å²) in [7, 11) is 0. The molecule has 4 rings (SSSR count). The van der Waals surface area contributed by atoms with E-state index in [1.54, 1.807) is 34.9 Å². The number of benzene rings is 2. The van der Waals surface area contributed by atoms with Gasteiger partial charge >= 0.3 is 0 Å². The van der Waals surface area contributed by atoms with Gasteiger partial charge in [-0.3, -0.25) is 9.59 Å². The molecule has 0 atom stereocenters. The molecule has 0 unspecified atom stereocenters. The molecule has 7 nitrogen and oxygen atoms in total. The molecule has 0 bridgehead atoms. The number of aromatic nitrogens is 2. The van der Waals surface area contributed by atoms with Gasteiger partial charge in [-0.1, -0.05) is 65.6 Å². The fourth-order valence-electron chi connectivity index (χ4n) is 3.50. The first-order chi connectivity index (χ1) is 16.1. The van der Waals surface area contributed by atoms with Crippen molar-refractivity contribution in [2.24, 2.45) is 0 Å². The highest BCUT2D eigenvalue weighted by atomic mass is 32.2. The van der Waals surface area contributed by atoms with Crippen LogP contribution in [0.25, 0.3) is 0 Å². The molecule has 3 aromatic rings.